The van der Waals surface area contributed by atoms with Gasteiger partial charge in [0.25, 0.3) is 0 Å². The molecule has 1 N–H and O–H groups in total. The highest BCUT2D eigenvalue weighted by atomic mass is 16.3. The Labute approximate surface area is 92.5 Å². The van der Waals surface area contributed by atoms with Gasteiger partial charge < -0.3 is 10.0 Å². The van der Waals surface area contributed by atoms with Crippen molar-refractivity contribution in [3.05, 3.63) is 0 Å². The molecule has 1 rings (SSSR count). The van der Waals surface area contributed by atoms with E-state index in [1.54, 1.807) is 6.92 Å². The fraction of sp³-hybridized carbons (Fsp3) is 0.917. The maximum Gasteiger partial charge on any atom is 0.222 e. The Hall–Kier alpha value is -0.570. The SMILES string of the molecule is CCCC1CCN(C(=O)CCC(C)O)C1. The molecule has 88 valence electrons. The Bertz CT molecular complexity index is 204. The van der Waals surface area contributed by atoms with Crippen LogP contribution in [-0.2, 0) is 4.79 Å². The highest BCUT2D eigenvalue weighted by Gasteiger charge is 2.25. The van der Waals surface area contributed by atoms with Gasteiger partial charge in [0.1, 0.15) is 0 Å². The Balaban J connectivity index is 2.24. The number of aliphatic hydroxyl groups excluding tert-OH is 1. The number of carbonyl (C=O) groups excluding carboxylic acids is 1. The smallest absolute Gasteiger partial charge is 0.222 e. The maximum atomic E-state index is 11.7. The molecule has 15 heavy (non-hydrogen) atoms. The lowest BCUT2D eigenvalue weighted by molar-refractivity contribution is -0.130. The van der Waals surface area contributed by atoms with Crippen molar-refractivity contribution in [3.8, 4) is 0 Å². The Kier molecular flexibility index (Phi) is 5.09. The van der Waals surface area contributed by atoms with E-state index in [2.05, 4.69) is 6.92 Å². The summed E-state index contributed by atoms with van der Waals surface area (Å²) in [4.78, 5) is 13.7. The molecule has 0 radical (unpaired) electrons. The topological polar surface area (TPSA) is 40.5 Å². The molecule has 2 unspecified atom stereocenters. The second-order valence-corrected chi connectivity index (χ2v) is 4.67. The van der Waals surface area contributed by atoms with Crippen molar-refractivity contribution in [1.82, 2.24) is 4.90 Å². The average molecular weight is 213 g/mol. The molecule has 1 fully saturated rings. The second-order valence-electron chi connectivity index (χ2n) is 4.67. The first kappa shape index (κ1) is 12.5. The number of hydrogen-bond acceptors (Lipinski definition) is 2. The summed E-state index contributed by atoms with van der Waals surface area (Å²) in [5.74, 6) is 0.931. The van der Waals surface area contributed by atoms with E-state index in [-0.39, 0.29) is 12.0 Å². The van der Waals surface area contributed by atoms with E-state index in [0.717, 1.165) is 19.5 Å². The third-order valence-corrected chi connectivity index (χ3v) is 3.11. The minimum Gasteiger partial charge on any atom is -0.393 e. The van der Waals surface area contributed by atoms with Crippen molar-refractivity contribution >= 4 is 5.91 Å². The van der Waals surface area contributed by atoms with Crippen LogP contribution in [0.3, 0.4) is 0 Å². The van der Waals surface area contributed by atoms with Gasteiger partial charge in [-0.25, -0.2) is 0 Å². The molecule has 0 aromatic heterocycles. The van der Waals surface area contributed by atoms with Gasteiger partial charge in [0.05, 0.1) is 6.10 Å². The monoisotopic (exact) mass is 213 g/mol. The van der Waals surface area contributed by atoms with Crippen LogP contribution in [-0.4, -0.2) is 35.1 Å². The van der Waals surface area contributed by atoms with Crippen LogP contribution < -0.4 is 0 Å². The number of aliphatic hydroxyl groups is 1. The van der Waals surface area contributed by atoms with Gasteiger partial charge in [0.15, 0.2) is 0 Å². The Morgan fingerprint density at radius 1 is 1.60 bits per heavy atom. The normalized spacial score (nSPS) is 23.1. The van der Waals surface area contributed by atoms with E-state index >= 15 is 0 Å². The predicted octanol–water partition coefficient (Wildman–Crippen LogP) is 1.80. The fourth-order valence-electron chi connectivity index (χ4n) is 2.19. The van der Waals surface area contributed by atoms with Gasteiger partial charge in [-0.3, -0.25) is 4.79 Å². The summed E-state index contributed by atoms with van der Waals surface area (Å²) in [5.41, 5.74) is 0. The van der Waals surface area contributed by atoms with E-state index < -0.39 is 0 Å². The molecule has 3 heteroatoms. The van der Waals surface area contributed by atoms with E-state index in [0.29, 0.717) is 18.8 Å². The molecule has 0 spiro atoms. The summed E-state index contributed by atoms with van der Waals surface area (Å²) in [6, 6.07) is 0. The van der Waals surface area contributed by atoms with Crippen LogP contribution in [0.4, 0.5) is 0 Å². The van der Waals surface area contributed by atoms with Crippen LogP contribution in [0.15, 0.2) is 0 Å². The molecule has 0 saturated carbocycles. The van der Waals surface area contributed by atoms with Crippen molar-refractivity contribution in [2.45, 2.75) is 52.1 Å². The van der Waals surface area contributed by atoms with Crippen molar-refractivity contribution in [2.75, 3.05) is 13.1 Å². The van der Waals surface area contributed by atoms with Crippen molar-refractivity contribution in [2.24, 2.45) is 5.92 Å². The molecular weight excluding hydrogens is 190 g/mol. The summed E-state index contributed by atoms with van der Waals surface area (Å²) in [5, 5.41) is 9.11. The number of likely N-dealkylation sites (tertiary alicyclic amines) is 1. The van der Waals surface area contributed by atoms with Crippen LogP contribution >= 0.6 is 0 Å². The van der Waals surface area contributed by atoms with Crippen LogP contribution in [0, 0.1) is 5.92 Å². The van der Waals surface area contributed by atoms with E-state index in [1.165, 1.54) is 12.8 Å². The molecule has 1 amide bonds. The zero-order valence-electron chi connectivity index (χ0n) is 9.91. The first-order valence-corrected chi connectivity index (χ1v) is 6.09. The van der Waals surface area contributed by atoms with Crippen LogP contribution in [0.25, 0.3) is 0 Å². The average Bonchev–Trinajstić information content (AvgIpc) is 2.63. The lowest BCUT2D eigenvalue weighted by atomic mass is 10.0. The van der Waals surface area contributed by atoms with Gasteiger partial charge in [-0.05, 0) is 32.1 Å². The summed E-state index contributed by atoms with van der Waals surface area (Å²) >= 11 is 0. The van der Waals surface area contributed by atoms with Crippen molar-refractivity contribution in [3.63, 3.8) is 0 Å². The third kappa shape index (κ3) is 4.20. The zero-order valence-corrected chi connectivity index (χ0v) is 9.91. The van der Waals surface area contributed by atoms with Gasteiger partial charge in [-0.1, -0.05) is 13.3 Å². The molecule has 1 heterocycles. The van der Waals surface area contributed by atoms with Gasteiger partial charge in [0.2, 0.25) is 5.91 Å². The lowest BCUT2D eigenvalue weighted by Gasteiger charge is -2.16. The number of nitrogens with zero attached hydrogens (tertiary/aromatic N) is 1. The molecular formula is C12H23NO2. The highest BCUT2D eigenvalue weighted by Crippen LogP contribution is 2.21. The van der Waals surface area contributed by atoms with Crippen LogP contribution in [0.1, 0.15) is 46.0 Å². The Morgan fingerprint density at radius 3 is 2.93 bits per heavy atom. The molecule has 0 aromatic carbocycles. The number of amides is 1. The van der Waals surface area contributed by atoms with Gasteiger partial charge in [-0.2, -0.15) is 0 Å². The van der Waals surface area contributed by atoms with E-state index in [1.807, 2.05) is 4.90 Å². The van der Waals surface area contributed by atoms with Crippen LogP contribution in [0.2, 0.25) is 0 Å². The van der Waals surface area contributed by atoms with Crippen molar-refractivity contribution in [1.29, 1.82) is 0 Å². The van der Waals surface area contributed by atoms with Gasteiger partial charge >= 0.3 is 0 Å². The molecule has 3 nitrogen and oxygen atoms in total. The van der Waals surface area contributed by atoms with Gasteiger partial charge in [-0.15, -0.1) is 0 Å². The second kappa shape index (κ2) is 6.11. The first-order chi connectivity index (χ1) is 7.13. The fourth-order valence-corrected chi connectivity index (χ4v) is 2.19. The molecule has 1 aliphatic rings. The first-order valence-electron chi connectivity index (χ1n) is 6.09. The molecule has 1 aliphatic heterocycles. The Morgan fingerprint density at radius 2 is 2.33 bits per heavy atom. The predicted molar refractivity (Wildman–Crippen MR) is 60.5 cm³/mol. The van der Waals surface area contributed by atoms with E-state index in [9.17, 15) is 4.79 Å². The van der Waals surface area contributed by atoms with Crippen LogP contribution in [0.5, 0.6) is 0 Å². The van der Waals surface area contributed by atoms with Gasteiger partial charge in [0, 0.05) is 19.5 Å². The standard InChI is InChI=1S/C12H23NO2/c1-3-4-11-7-8-13(9-11)12(15)6-5-10(2)14/h10-11,14H,3-9H2,1-2H3. The summed E-state index contributed by atoms with van der Waals surface area (Å²) in [6.07, 6.45) is 4.34. The summed E-state index contributed by atoms with van der Waals surface area (Å²) in [6.45, 7) is 5.78. The van der Waals surface area contributed by atoms with E-state index in [4.69, 9.17) is 5.11 Å². The highest BCUT2D eigenvalue weighted by molar-refractivity contribution is 5.76. The summed E-state index contributed by atoms with van der Waals surface area (Å²) < 4.78 is 0. The summed E-state index contributed by atoms with van der Waals surface area (Å²) in [7, 11) is 0. The molecule has 0 bridgehead atoms. The van der Waals surface area contributed by atoms with Crippen molar-refractivity contribution < 1.29 is 9.90 Å². The lowest BCUT2D eigenvalue weighted by Crippen LogP contribution is -2.29. The molecule has 1 saturated heterocycles. The largest absolute Gasteiger partial charge is 0.393 e. The number of carbonyl (C=O) groups is 1. The number of hydrogen-bond donors (Lipinski definition) is 1. The molecule has 0 aromatic rings. The minimum atomic E-state index is -0.358. The number of rotatable bonds is 5. The third-order valence-electron chi connectivity index (χ3n) is 3.11. The zero-order chi connectivity index (χ0) is 11.3. The molecule has 0 aliphatic carbocycles. The minimum absolute atomic E-state index is 0.217. The molecule has 2 atom stereocenters. The quantitative estimate of drug-likeness (QED) is 0.756. The maximum absolute atomic E-state index is 11.7.